The molecule has 25 heavy (non-hydrogen) atoms. The molecule has 2 saturated heterocycles. The van der Waals surface area contributed by atoms with Gasteiger partial charge in [-0.3, -0.25) is 14.4 Å². The van der Waals surface area contributed by atoms with Gasteiger partial charge in [-0.15, -0.1) is 6.58 Å². The fraction of sp³-hybridized carbons (Fsp3) is 0.737. The quantitative estimate of drug-likeness (QED) is 0.763. The highest BCUT2D eigenvalue weighted by atomic mass is 16.2. The molecule has 6 nitrogen and oxygen atoms in total. The Kier molecular flexibility index (Phi) is 5.76. The minimum absolute atomic E-state index is 0.0250. The second-order valence-electron chi connectivity index (χ2n) is 7.58. The van der Waals surface area contributed by atoms with E-state index < -0.39 is 0 Å². The van der Waals surface area contributed by atoms with E-state index in [1.54, 1.807) is 11.0 Å². The zero-order valence-corrected chi connectivity index (χ0v) is 14.9. The van der Waals surface area contributed by atoms with Crippen LogP contribution in [0, 0.1) is 11.8 Å². The molecular formula is C19H29N3O3. The van der Waals surface area contributed by atoms with Gasteiger partial charge in [-0.1, -0.05) is 18.9 Å². The van der Waals surface area contributed by atoms with Crippen LogP contribution < -0.4 is 5.32 Å². The largest absolute Gasteiger partial charge is 0.353 e. The van der Waals surface area contributed by atoms with Crippen molar-refractivity contribution in [2.24, 2.45) is 11.8 Å². The Bertz CT molecular complexity index is 534. The van der Waals surface area contributed by atoms with Gasteiger partial charge in [-0.25, -0.2) is 0 Å². The second-order valence-corrected chi connectivity index (χ2v) is 7.58. The number of rotatable bonds is 5. The van der Waals surface area contributed by atoms with Crippen molar-refractivity contribution in [3.05, 3.63) is 12.7 Å². The topological polar surface area (TPSA) is 69.7 Å². The summed E-state index contributed by atoms with van der Waals surface area (Å²) < 4.78 is 0. The maximum absolute atomic E-state index is 12.5. The molecule has 0 radical (unpaired) electrons. The number of hydrogen-bond acceptors (Lipinski definition) is 3. The van der Waals surface area contributed by atoms with Crippen molar-refractivity contribution in [2.45, 2.75) is 51.0 Å². The van der Waals surface area contributed by atoms with Crippen molar-refractivity contribution in [1.82, 2.24) is 15.1 Å². The molecule has 3 rings (SSSR count). The maximum Gasteiger partial charge on any atom is 0.225 e. The van der Waals surface area contributed by atoms with Crippen LogP contribution in [-0.2, 0) is 14.4 Å². The summed E-state index contributed by atoms with van der Waals surface area (Å²) in [5.74, 6) is 0.276. The van der Waals surface area contributed by atoms with E-state index in [2.05, 4.69) is 11.9 Å². The summed E-state index contributed by atoms with van der Waals surface area (Å²) in [6.45, 7) is 6.09. The van der Waals surface area contributed by atoms with Crippen molar-refractivity contribution in [1.29, 1.82) is 0 Å². The molecule has 0 aromatic heterocycles. The average molecular weight is 347 g/mol. The number of carbonyl (C=O) groups excluding carboxylic acids is 3. The van der Waals surface area contributed by atoms with E-state index in [4.69, 9.17) is 0 Å². The summed E-state index contributed by atoms with van der Waals surface area (Å²) in [7, 11) is 0. The third kappa shape index (κ3) is 4.22. The van der Waals surface area contributed by atoms with Crippen LogP contribution in [0.15, 0.2) is 12.7 Å². The first-order valence-corrected chi connectivity index (χ1v) is 9.56. The molecule has 1 N–H and O–H groups in total. The van der Waals surface area contributed by atoms with E-state index in [0.29, 0.717) is 25.4 Å². The Hall–Kier alpha value is -1.85. The van der Waals surface area contributed by atoms with E-state index in [9.17, 15) is 14.4 Å². The summed E-state index contributed by atoms with van der Waals surface area (Å²) in [5.41, 5.74) is 0. The van der Waals surface area contributed by atoms with E-state index in [0.717, 1.165) is 38.8 Å². The van der Waals surface area contributed by atoms with Gasteiger partial charge in [0.2, 0.25) is 17.7 Å². The molecule has 3 aliphatic rings. The molecule has 6 heteroatoms. The normalized spacial score (nSPS) is 25.4. The predicted molar refractivity (Wildman–Crippen MR) is 94.6 cm³/mol. The van der Waals surface area contributed by atoms with Gasteiger partial charge in [0.1, 0.15) is 0 Å². The first-order chi connectivity index (χ1) is 12.1. The number of carbonyl (C=O) groups is 3. The Labute approximate surface area is 149 Å². The van der Waals surface area contributed by atoms with Crippen LogP contribution in [0.3, 0.4) is 0 Å². The van der Waals surface area contributed by atoms with Gasteiger partial charge < -0.3 is 15.1 Å². The third-order valence-electron chi connectivity index (χ3n) is 5.79. The van der Waals surface area contributed by atoms with Crippen LogP contribution in [0.5, 0.6) is 0 Å². The summed E-state index contributed by atoms with van der Waals surface area (Å²) in [4.78, 5) is 40.4. The van der Waals surface area contributed by atoms with Crippen molar-refractivity contribution >= 4 is 17.7 Å². The van der Waals surface area contributed by atoms with Crippen LogP contribution in [0.2, 0.25) is 0 Å². The average Bonchev–Trinajstić information content (AvgIpc) is 3.26. The molecule has 0 spiro atoms. The second kappa shape index (κ2) is 8.02. The van der Waals surface area contributed by atoms with E-state index in [1.165, 1.54) is 12.8 Å². The lowest BCUT2D eigenvalue weighted by Gasteiger charge is -2.34. The smallest absolute Gasteiger partial charge is 0.225 e. The minimum Gasteiger partial charge on any atom is -0.353 e. The van der Waals surface area contributed by atoms with Gasteiger partial charge in [-0.2, -0.15) is 0 Å². The molecule has 3 fully saturated rings. The highest BCUT2D eigenvalue weighted by Crippen LogP contribution is 2.27. The molecule has 1 saturated carbocycles. The van der Waals surface area contributed by atoms with Gasteiger partial charge >= 0.3 is 0 Å². The van der Waals surface area contributed by atoms with Gasteiger partial charge in [0.25, 0.3) is 0 Å². The van der Waals surface area contributed by atoms with E-state index in [-0.39, 0.29) is 29.7 Å². The fourth-order valence-corrected chi connectivity index (χ4v) is 4.27. The van der Waals surface area contributed by atoms with Crippen molar-refractivity contribution < 1.29 is 14.4 Å². The van der Waals surface area contributed by atoms with Crippen molar-refractivity contribution in [3.8, 4) is 0 Å². The molecule has 0 bridgehead atoms. The molecule has 1 unspecified atom stereocenters. The van der Waals surface area contributed by atoms with Crippen LogP contribution >= 0.6 is 0 Å². The van der Waals surface area contributed by atoms with Crippen LogP contribution in [0.4, 0.5) is 0 Å². The number of amides is 3. The molecular weight excluding hydrogens is 318 g/mol. The molecule has 3 amide bonds. The van der Waals surface area contributed by atoms with Crippen molar-refractivity contribution in [2.75, 3.05) is 26.2 Å². The fourth-order valence-electron chi connectivity index (χ4n) is 4.27. The third-order valence-corrected chi connectivity index (χ3v) is 5.79. The summed E-state index contributed by atoms with van der Waals surface area (Å²) in [5, 5.41) is 3.09. The zero-order chi connectivity index (χ0) is 17.8. The lowest BCUT2D eigenvalue weighted by Crippen LogP contribution is -2.49. The number of nitrogens with one attached hydrogen (secondary N) is 1. The highest BCUT2D eigenvalue weighted by Gasteiger charge is 2.35. The monoisotopic (exact) mass is 347 g/mol. The molecule has 1 aliphatic carbocycles. The molecule has 1 atom stereocenters. The van der Waals surface area contributed by atoms with Gasteiger partial charge in [0.15, 0.2) is 0 Å². The van der Waals surface area contributed by atoms with E-state index >= 15 is 0 Å². The molecule has 138 valence electrons. The molecule has 0 aromatic carbocycles. The Morgan fingerprint density at radius 1 is 1.12 bits per heavy atom. The number of nitrogens with zero attached hydrogens (tertiary/aromatic N) is 2. The lowest BCUT2D eigenvalue weighted by molar-refractivity contribution is -0.136. The van der Waals surface area contributed by atoms with Gasteiger partial charge in [-0.05, 0) is 25.7 Å². The first kappa shape index (κ1) is 18.0. The zero-order valence-electron chi connectivity index (χ0n) is 14.9. The molecule has 2 aliphatic heterocycles. The minimum atomic E-state index is -0.259. The Morgan fingerprint density at radius 2 is 1.80 bits per heavy atom. The molecule has 0 aromatic rings. The SMILES string of the molecule is C=CCN1CC(C(=O)NC2CCN(C(=O)C3CCCC3)CC2)CC1=O. The number of hydrogen-bond donors (Lipinski definition) is 1. The summed E-state index contributed by atoms with van der Waals surface area (Å²) in [6, 6.07) is 0.115. The van der Waals surface area contributed by atoms with Crippen molar-refractivity contribution in [3.63, 3.8) is 0 Å². The standard InChI is InChI=1S/C19H29N3O3/c1-2-9-22-13-15(12-17(22)23)18(24)20-16-7-10-21(11-8-16)19(25)14-5-3-4-6-14/h2,14-16H,1,3-13H2,(H,20,24). The summed E-state index contributed by atoms with van der Waals surface area (Å²) >= 11 is 0. The Morgan fingerprint density at radius 3 is 2.44 bits per heavy atom. The first-order valence-electron chi connectivity index (χ1n) is 9.56. The number of likely N-dealkylation sites (tertiary alicyclic amines) is 2. The highest BCUT2D eigenvalue weighted by molar-refractivity contribution is 5.89. The van der Waals surface area contributed by atoms with Crippen LogP contribution in [0.25, 0.3) is 0 Å². The van der Waals surface area contributed by atoms with Gasteiger partial charge in [0, 0.05) is 44.6 Å². The lowest BCUT2D eigenvalue weighted by atomic mass is 10.00. The maximum atomic E-state index is 12.5. The predicted octanol–water partition coefficient (Wildman–Crippen LogP) is 1.32. The van der Waals surface area contributed by atoms with Crippen LogP contribution in [-0.4, -0.2) is 59.7 Å². The van der Waals surface area contributed by atoms with E-state index in [1.807, 2.05) is 4.90 Å². The summed E-state index contributed by atoms with van der Waals surface area (Å²) in [6.07, 6.45) is 8.01. The Balaban J connectivity index is 1.43. The number of piperidine rings is 1. The molecule has 2 heterocycles. The van der Waals surface area contributed by atoms with Gasteiger partial charge in [0.05, 0.1) is 5.92 Å². The van der Waals surface area contributed by atoms with Crippen LogP contribution in [0.1, 0.15) is 44.9 Å².